The molecule has 28 heavy (non-hydrogen) atoms. The molecule has 0 saturated heterocycles. The number of aryl methyl sites for hydroxylation is 2. The minimum Gasteiger partial charge on any atom is -0.333 e. The van der Waals surface area contributed by atoms with Gasteiger partial charge in [-0.2, -0.15) is 5.10 Å². The summed E-state index contributed by atoms with van der Waals surface area (Å²) >= 11 is 0. The summed E-state index contributed by atoms with van der Waals surface area (Å²) < 4.78 is 0. The van der Waals surface area contributed by atoms with E-state index >= 15 is 0 Å². The Hall–Kier alpha value is -3.15. The molecule has 0 radical (unpaired) electrons. The Balaban J connectivity index is 1.57. The second-order valence-electron chi connectivity index (χ2n) is 7.39. The number of fused-ring (bicyclic) bond motifs is 1. The molecule has 144 valence electrons. The van der Waals surface area contributed by atoms with Gasteiger partial charge in [-0.25, -0.2) is 0 Å². The molecule has 1 atom stereocenters. The molecule has 3 aromatic rings. The van der Waals surface area contributed by atoms with Crippen molar-refractivity contribution in [3.63, 3.8) is 0 Å². The van der Waals surface area contributed by atoms with Crippen LogP contribution in [0.2, 0.25) is 0 Å². The van der Waals surface area contributed by atoms with Gasteiger partial charge in [-0.1, -0.05) is 30.3 Å². The standard InChI is InChI=1S/C22H24N4O2/c1-14(19-13-20(25-24-19)15-8-4-3-5-9-15)26(2)22(28)17-12-16-10-6-7-11-18(16)23-21(17)27/h3-5,8-9,12-14H,6-7,10-11H2,1-2H3,(H,23,27)(H,24,25)/t14-/m0/s1. The summed E-state index contributed by atoms with van der Waals surface area (Å²) in [7, 11) is 1.72. The number of amides is 1. The van der Waals surface area contributed by atoms with Crippen molar-refractivity contribution in [2.24, 2.45) is 0 Å². The zero-order chi connectivity index (χ0) is 19.7. The lowest BCUT2D eigenvalue weighted by Gasteiger charge is -2.24. The van der Waals surface area contributed by atoms with Crippen molar-refractivity contribution in [1.82, 2.24) is 20.1 Å². The molecule has 0 spiro atoms. The summed E-state index contributed by atoms with van der Waals surface area (Å²) in [6.07, 6.45) is 3.96. The zero-order valence-electron chi connectivity index (χ0n) is 16.2. The third-order valence-electron chi connectivity index (χ3n) is 5.59. The van der Waals surface area contributed by atoms with Gasteiger partial charge in [0, 0.05) is 18.3 Å². The molecule has 1 aromatic carbocycles. The summed E-state index contributed by atoms with van der Waals surface area (Å²) in [4.78, 5) is 30.0. The number of nitrogens with zero attached hydrogens (tertiary/aromatic N) is 2. The average Bonchev–Trinajstić information content (AvgIpc) is 3.22. The van der Waals surface area contributed by atoms with Gasteiger partial charge in [-0.15, -0.1) is 0 Å². The third-order valence-corrected chi connectivity index (χ3v) is 5.59. The van der Waals surface area contributed by atoms with Crippen molar-refractivity contribution in [3.05, 3.63) is 75.3 Å². The number of carbonyl (C=O) groups excluding carboxylic acids is 1. The van der Waals surface area contributed by atoms with Crippen LogP contribution in [0.3, 0.4) is 0 Å². The summed E-state index contributed by atoms with van der Waals surface area (Å²) in [5, 5.41) is 7.39. The number of hydrogen-bond acceptors (Lipinski definition) is 3. The van der Waals surface area contributed by atoms with Crippen molar-refractivity contribution in [2.75, 3.05) is 7.05 Å². The smallest absolute Gasteiger partial charge is 0.261 e. The van der Waals surface area contributed by atoms with Crippen LogP contribution in [0.5, 0.6) is 0 Å². The molecule has 2 aromatic heterocycles. The van der Waals surface area contributed by atoms with Crippen LogP contribution in [0.1, 0.15) is 53.1 Å². The topological polar surface area (TPSA) is 81.8 Å². The quantitative estimate of drug-likeness (QED) is 0.731. The SMILES string of the molecule is C[C@@H](c1cc(-c2ccccc2)n[nH]1)N(C)C(=O)c1cc2c([nH]c1=O)CCCC2. The number of aromatic amines is 2. The van der Waals surface area contributed by atoms with E-state index < -0.39 is 0 Å². The zero-order valence-corrected chi connectivity index (χ0v) is 16.2. The molecular formula is C22H24N4O2. The van der Waals surface area contributed by atoms with E-state index in [1.165, 1.54) is 0 Å². The van der Waals surface area contributed by atoms with Crippen molar-refractivity contribution < 1.29 is 4.79 Å². The first-order chi connectivity index (χ1) is 13.5. The number of rotatable bonds is 4. The lowest BCUT2D eigenvalue weighted by atomic mass is 9.95. The van der Waals surface area contributed by atoms with Crippen molar-refractivity contribution in [3.8, 4) is 11.3 Å². The number of nitrogens with one attached hydrogen (secondary N) is 2. The third kappa shape index (κ3) is 3.38. The van der Waals surface area contributed by atoms with Gasteiger partial charge in [0.15, 0.2) is 0 Å². The second kappa shape index (κ2) is 7.46. The Morgan fingerprint density at radius 3 is 2.68 bits per heavy atom. The van der Waals surface area contributed by atoms with E-state index in [0.29, 0.717) is 0 Å². The fourth-order valence-corrected chi connectivity index (χ4v) is 3.72. The van der Waals surface area contributed by atoms with Crippen molar-refractivity contribution in [1.29, 1.82) is 0 Å². The second-order valence-corrected chi connectivity index (χ2v) is 7.39. The van der Waals surface area contributed by atoms with E-state index in [0.717, 1.165) is 53.9 Å². The molecule has 0 aliphatic heterocycles. The lowest BCUT2D eigenvalue weighted by Crippen LogP contribution is -2.34. The van der Waals surface area contributed by atoms with E-state index in [1.807, 2.05) is 43.3 Å². The molecule has 1 aliphatic carbocycles. The van der Waals surface area contributed by atoms with E-state index in [-0.39, 0.29) is 23.1 Å². The van der Waals surface area contributed by atoms with Crippen LogP contribution in [-0.4, -0.2) is 33.0 Å². The molecular weight excluding hydrogens is 352 g/mol. The Morgan fingerprint density at radius 2 is 1.89 bits per heavy atom. The molecule has 2 N–H and O–H groups in total. The highest BCUT2D eigenvalue weighted by Crippen LogP contribution is 2.24. The number of H-pyrrole nitrogens is 2. The molecule has 0 bridgehead atoms. The normalized spacial score (nSPS) is 14.4. The monoisotopic (exact) mass is 376 g/mol. The minimum absolute atomic E-state index is 0.206. The van der Waals surface area contributed by atoms with Gasteiger partial charge < -0.3 is 9.88 Å². The average molecular weight is 376 g/mol. The van der Waals surface area contributed by atoms with Gasteiger partial charge in [0.25, 0.3) is 11.5 Å². The number of pyridine rings is 1. The van der Waals surface area contributed by atoms with Crippen LogP contribution in [0.4, 0.5) is 0 Å². The summed E-state index contributed by atoms with van der Waals surface area (Å²) in [5.74, 6) is -0.280. The van der Waals surface area contributed by atoms with Gasteiger partial charge >= 0.3 is 0 Å². The predicted molar refractivity (Wildman–Crippen MR) is 108 cm³/mol. The number of aromatic nitrogens is 3. The summed E-state index contributed by atoms with van der Waals surface area (Å²) in [6.45, 7) is 1.92. The van der Waals surface area contributed by atoms with Crippen molar-refractivity contribution >= 4 is 5.91 Å². The fourth-order valence-electron chi connectivity index (χ4n) is 3.72. The first-order valence-corrected chi connectivity index (χ1v) is 9.67. The first kappa shape index (κ1) is 18.2. The molecule has 1 aliphatic rings. The predicted octanol–water partition coefficient (Wildman–Crippen LogP) is 3.48. The fraction of sp³-hybridized carbons (Fsp3) is 0.318. The summed E-state index contributed by atoms with van der Waals surface area (Å²) in [5.41, 5.74) is 4.63. The van der Waals surface area contributed by atoms with Crippen LogP contribution in [-0.2, 0) is 12.8 Å². The number of benzene rings is 1. The lowest BCUT2D eigenvalue weighted by molar-refractivity contribution is 0.0737. The van der Waals surface area contributed by atoms with Gasteiger partial charge in [0.2, 0.25) is 0 Å². The Labute approximate surface area is 163 Å². The molecule has 2 heterocycles. The molecule has 6 nitrogen and oxygen atoms in total. The highest BCUT2D eigenvalue weighted by Gasteiger charge is 2.24. The van der Waals surface area contributed by atoms with Gasteiger partial charge in [-0.3, -0.25) is 14.7 Å². The van der Waals surface area contributed by atoms with Gasteiger partial charge in [0.1, 0.15) is 5.56 Å². The largest absolute Gasteiger partial charge is 0.333 e. The van der Waals surface area contributed by atoms with Crippen LogP contribution in [0.15, 0.2) is 47.3 Å². The Bertz CT molecular complexity index is 1050. The van der Waals surface area contributed by atoms with Crippen molar-refractivity contribution in [2.45, 2.75) is 38.6 Å². The first-order valence-electron chi connectivity index (χ1n) is 9.67. The number of carbonyl (C=O) groups is 1. The van der Waals surface area contributed by atoms with E-state index in [1.54, 1.807) is 18.0 Å². The van der Waals surface area contributed by atoms with Crippen LogP contribution < -0.4 is 5.56 Å². The van der Waals surface area contributed by atoms with Crippen LogP contribution in [0, 0.1) is 0 Å². The molecule has 6 heteroatoms. The maximum Gasteiger partial charge on any atom is 0.261 e. The van der Waals surface area contributed by atoms with E-state index in [9.17, 15) is 9.59 Å². The molecule has 0 unspecified atom stereocenters. The Kier molecular flexibility index (Phi) is 4.86. The van der Waals surface area contributed by atoms with Gasteiger partial charge in [0.05, 0.1) is 17.4 Å². The van der Waals surface area contributed by atoms with Crippen LogP contribution in [0.25, 0.3) is 11.3 Å². The highest BCUT2D eigenvalue weighted by atomic mass is 16.2. The van der Waals surface area contributed by atoms with Gasteiger partial charge in [-0.05, 0) is 50.3 Å². The highest BCUT2D eigenvalue weighted by molar-refractivity contribution is 5.94. The van der Waals surface area contributed by atoms with E-state index in [2.05, 4.69) is 15.2 Å². The maximum atomic E-state index is 13.0. The molecule has 0 saturated carbocycles. The Morgan fingerprint density at radius 1 is 1.14 bits per heavy atom. The maximum absolute atomic E-state index is 13.0. The minimum atomic E-state index is -0.306. The van der Waals surface area contributed by atoms with Crippen LogP contribution >= 0.6 is 0 Å². The molecule has 0 fully saturated rings. The molecule has 4 rings (SSSR count). The molecule has 1 amide bonds. The number of hydrogen-bond donors (Lipinski definition) is 2. The summed E-state index contributed by atoms with van der Waals surface area (Å²) in [6, 6.07) is 13.4. The van der Waals surface area contributed by atoms with E-state index in [4.69, 9.17) is 0 Å².